The highest BCUT2D eigenvalue weighted by Gasteiger charge is 2.65. The molecule has 1 N–H and O–H groups in total. The van der Waals surface area contributed by atoms with Gasteiger partial charge >= 0.3 is 0 Å². The quantitative estimate of drug-likeness (QED) is 0.864. The van der Waals surface area contributed by atoms with Crippen molar-refractivity contribution < 1.29 is 4.79 Å². The van der Waals surface area contributed by atoms with Crippen molar-refractivity contribution in [2.75, 3.05) is 0 Å². The van der Waals surface area contributed by atoms with E-state index in [9.17, 15) is 4.79 Å². The summed E-state index contributed by atoms with van der Waals surface area (Å²) in [5.74, 6) is -0.0125. The molecule has 20 heavy (non-hydrogen) atoms. The summed E-state index contributed by atoms with van der Waals surface area (Å²) in [6.45, 7) is 2.28. The third kappa shape index (κ3) is 1.48. The van der Waals surface area contributed by atoms with E-state index in [0.717, 1.165) is 30.2 Å². The minimum atomic E-state index is -0.0125. The van der Waals surface area contributed by atoms with Gasteiger partial charge in [-0.3, -0.25) is 4.79 Å². The molecule has 0 radical (unpaired) electrons. The van der Waals surface area contributed by atoms with Gasteiger partial charge in [0.2, 0.25) is 0 Å². The molecule has 0 aromatic carbocycles. The first-order valence-electron chi connectivity index (χ1n) is 6.84. The number of carbonyl (C=O) groups excluding carboxylic acids is 1. The zero-order valence-electron chi connectivity index (χ0n) is 11.5. The Labute approximate surface area is 122 Å². The van der Waals surface area contributed by atoms with Gasteiger partial charge in [0.15, 0.2) is 5.15 Å². The zero-order valence-corrected chi connectivity index (χ0v) is 12.3. The number of halogens is 1. The van der Waals surface area contributed by atoms with Gasteiger partial charge in [-0.25, -0.2) is 4.98 Å². The number of aromatic nitrogens is 2. The number of fused-ring (bicyclic) bond motifs is 1. The first kappa shape index (κ1) is 12.2. The number of nitrogens with zero attached hydrogens (tertiary/aromatic N) is 2. The molecule has 3 saturated carbocycles. The van der Waals surface area contributed by atoms with Crippen LogP contribution in [0.4, 0.5) is 0 Å². The molecular formula is C15H16ClN3O. The van der Waals surface area contributed by atoms with E-state index in [1.54, 1.807) is 6.20 Å². The van der Waals surface area contributed by atoms with Crippen molar-refractivity contribution in [1.29, 1.82) is 0 Å². The second-order valence-corrected chi connectivity index (χ2v) is 7.06. The third-order valence-electron chi connectivity index (χ3n) is 4.81. The average Bonchev–Trinajstić information content (AvgIpc) is 2.65. The Bertz CT molecular complexity index is 729. The monoisotopic (exact) mass is 289 g/mol. The summed E-state index contributed by atoms with van der Waals surface area (Å²) in [6, 6.07) is 3.76. The molecule has 3 aliphatic rings. The molecule has 3 aliphatic carbocycles. The van der Waals surface area contributed by atoms with Crippen molar-refractivity contribution in [2.24, 2.45) is 12.5 Å². The summed E-state index contributed by atoms with van der Waals surface area (Å²) in [5, 5.41) is 4.58. The molecule has 5 heteroatoms. The topological polar surface area (TPSA) is 46.9 Å². The second kappa shape index (κ2) is 3.55. The lowest BCUT2D eigenvalue weighted by Gasteiger charge is -2.69. The molecule has 0 aliphatic heterocycles. The average molecular weight is 290 g/mol. The number of pyridine rings is 1. The predicted molar refractivity (Wildman–Crippen MR) is 77.9 cm³/mol. The van der Waals surface area contributed by atoms with E-state index in [4.69, 9.17) is 11.6 Å². The number of aryl methyl sites for hydroxylation is 1. The first-order chi connectivity index (χ1) is 9.41. The van der Waals surface area contributed by atoms with Crippen LogP contribution in [0, 0.1) is 5.41 Å². The van der Waals surface area contributed by atoms with E-state index < -0.39 is 0 Å². The normalized spacial score (nSPS) is 30.8. The van der Waals surface area contributed by atoms with Gasteiger partial charge in [-0.15, -0.1) is 0 Å². The molecule has 0 spiro atoms. The summed E-state index contributed by atoms with van der Waals surface area (Å²) in [4.78, 5) is 16.6. The summed E-state index contributed by atoms with van der Waals surface area (Å²) in [7, 11) is 1.86. The van der Waals surface area contributed by atoms with Crippen molar-refractivity contribution in [2.45, 2.75) is 31.7 Å². The number of nitrogens with one attached hydrogen (secondary N) is 1. The van der Waals surface area contributed by atoms with Crippen molar-refractivity contribution in [3.05, 3.63) is 29.2 Å². The van der Waals surface area contributed by atoms with Gasteiger partial charge in [0.05, 0.1) is 5.52 Å². The maximum Gasteiger partial charge on any atom is 0.268 e. The van der Waals surface area contributed by atoms with Gasteiger partial charge in [0.1, 0.15) is 5.69 Å². The number of hydrogen-bond acceptors (Lipinski definition) is 2. The van der Waals surface area contributed by atoms with Crippen LogP contribution in [0.2, 0.25) is 5.15 Å². The van der Waals surface area contributed by atoms with Crippen LogP contribution in [0.1, 0.15) is 36.7 Å². The van der Waals surface area contributed by atoms with Gasteiger partial charge in [0.25, 0.3) is 5.91 Å². The van der Waals surface area contributed by atoms with Crippen LogP contribution >= 0.6 is 11.6 Å². The summed E-state index contributed by atoms with van der Waals surface area (Å²) >= 11 is 6.11. The SMILES string of the molecule is Cn1c(C(=O)NC23CC(C)(C2)C3)cc2ccnc(Cl)c21. The molecule has 2 aromatic heterocycles. The van der Waals surface area contributed by atoms with Gasteiger partial charge in [0, 0.05) is 24.2 Å². The lowest BCUT2D eigenvalue weighted by molar-refractivity contribution is -0.132. The van der Waals surface area contributed by atoms with Crippen LogP contribution in [0.25, 0.3) is 10.9 Å². The minimum absolute atomic E-state index is 0.0125. The summed E-state index contributed by atoms with van der Waals surface area (Å²) < 4.78 is 1.83. The molecule has 5 rings (SSSR count). The van der Waals surface area contributed by atoms with Gasteiger partial charge in [-0.05, 0) is 36.8 Å². The number of hydrogen-bond donors (Lipinski definition) is 1. The van der Waals surface area contributed by atoms with E-state index in [-0.39, 0.29) is 11.4 Å². The second-order valence-electron chi connectivity index (χ2n) is 6.70. The molecule has 0 unspecified atom stereocenters. The fraction of sp³-hybridized carbons (Fsp3) is 0.467. The molecule has 4 nitrogen and oxygen atoms in total. The van der Waals surface area contributed by atoms with Gasteiger partial charge in [-0.1, -0.05) is 18.5 Å². The number of rotatable bonds is 2. The highest BCUT2D eigenvalue weighted by molar-refractivity contribution is 6.34. The van der Waals surface area contributed by atoms with Crippen molar-refractivity contribution in [3.8, 4) is 0 Å². The van der Waals surface area contributed by atoms with E-state index in [0.29, 0.717) is 16.3 Å². The highest BCUT2D eigenvalue weighted by Crippen LogP contribution is 2.66. The van der Waals surface area contributed by atoms with Crippen LogP contribution in [0.15, 0.2) is 18.3 Å². The molecule has 2 bridgehead atoms. The lowest BCUT2D eigenvalue weighted by atomic mass is 9.40. The van der Waals surface area contributed by atoms with Crippen LogP contribution in [-0.4, -0.2) is 21.0 Å². The smallest absolute Gasteiger partial charge is 0.268 e. The lowest BCUT2D eigenvalue weighted by Crippen LogP contribution is -2.73. The van der Waals surface area contributed by atoms with Crippen LogP contribution in [0.5, 0.6) is 0 Å². The van der Waals surface area contributed by atoms with Crippen molar-refractivity contribution in [3.63, 3.8) is 0 Å². The zero-order chi connectivity index (χ0) is 14.1. The molecule has 2 heterocycles. The highest BCUT2D eigenvalue weighted by atomic mass is 35.5. The van der Waals surface area contributed by atoms with E-state index in [2.05, 4.69) is 17.2 Å². The number of amides is 1. The molecule has 1 amide bonds. The first-order valence-corrected chi connectivity index (χ1v) is 7.22. The predicted octanol–water partition coefficient (Wildman–Crippen LogP) is 2.90. The van der Waals surface area contributed by atoms with E-state index in [1.165, 1.54) is 0 Å². The maximum atomic E-state index is 12.5. The molecular weight excluding hydrogens is 274 g/mol. The maximum absolute atomic E-state index is 12.5. The summed E-state index contributed by atoms with van der Waals surface area (Å²) in [6.07, 6.45) is 4.99. The Morgan fingerprint density at radius 3 is 2.75 bits per heavy atom. The molecule has 104 valence electrons. The molecule has 0 atom stereocenters. The van der Waals surface area contributed by atoms with Crippen LogP contribution in [-0.2, 0) is 7.05 Å². The van der Waals surface area contributed by atoms with Crippen LogP contribution < -0.4 is 5.32 Å². The van der Waals surface area contributed by atoms with Crippen molar-refractivity contribution in [1.82, 2.24) is 14.9 Å². The minimum Gasteiger partial charge on any atom is -0.345 e. The third-order valence-corrected chi connectivity index (χ3v) is 5.08. The molecule has 2 aromatic rings. The Balaban J connectivity index is 1.67. The molecule has 3 fully saturated rings. The van der Waals surface area contributed by atoms with E-state index >= 15 is 0 Å². The largest absolute Gasteiger partial charge is 0.345 e. The Kier molecular flexibility index (Phi) is 2.17. The van der Waals surface area contributed by atoms with Gasteiger partial charge in [-0.2, -0.15) is 0 Å². The Morgan fingerprint density at radius 1 is 1.45 bits per heavy atom. The molecule has 0 saturated heterocycles. The summed E-state index contributed by atoms with van der Waals surface area (Å²) in [5.41, 5.74) is 2.00. The number of carbonyl (C=O) groups is 1. The van der Waals surface area contributed by atoms with Crippen LogP contribution in [0.3, 0.4) is 0 Å². The van der Waals surface area contributed by atoms with E-state index in [1.807, 2.05) is 23.7 Å². The fourth-order valence-corrected chi connectivity index (χ4v) is 4.50. The Hall–Kier alpha value is -1.55. The van der Waals surface area contributed by atoms with Gasteiger partial charge < -0.3 is 9.88 Å². The fourth-order valence-electron chi connectivity index (χ4n) is 4.21. The Morgan fingerprint density at radius 2 is 2.15 bits per heavy atom. The van der Waals surface area contributed by atoms with Crippen molar-refractivity contribution >= 4 is 28.4 Å². The standard InChI is InChI=1S/C15H16ClN3O/c1-14-6-15(7-14,8-14)18-13(20)10-5-9-3-4-17-12(16)11(9)19(10)2/h3-5H,6-8H2,1-2H3,(H,18,20).